The van der Waals surface area contributed by atoms with Gasteiger partial charge in [-0.25, -0.2) is 0 Å². The maximum atomic E-state index is 10.0. The van der Waals surface area contributed by atoms with E-state index in [9.17, 15) is 5.11 Å². The smallest absolute Gasteiger partial charge is 0.0628 e. The van der Waals surface area contributed by atoms with Gasteiger partial charge in [-0.3, -0.25) is 9.80 Å². The fraction of sp³-hybridized carbons (Fsp3) is 1.00. The van der Waals surface area contributed by atoms with Gasteiger partial charge in [-0.2, -0.15) is 0 Å². The summed E-state index contributed by atoms with van der Waals surface area (Å²) in [6.07, 6.45) is 5.20. The molecule has 0 spiro atoms. The van der Waals surface area contributed by atoms with Crippen molar-refractivity contribution in [3.8, 4) is 0 Å². The summed E-state index contributed by atoms with van der Waals surface area (Å²) in [5.74, 6) is 0.705. The molecule has 2 saturated carbocycles. The number of nitrogens with one attached hydrogen (secondary N) is 1. The number of hydrogen-bond acceptors (Lipinski definition) is 4. The highest BCUT2D eigenvalue weighted by Crippen LogP contribution is 2.42. The van der Waals surface area contributed by atoms with E-state index in [0.717, 1.165) is 19.6 Å². The van der Waals surface area contributed by atoms with Crippen LogP contribution in [-0.4, -0.2) is 71.9 Å². The van der Waals surface area contributed by atoms with Gasteiger partial charge in [0.2, 0.25) is 0 Å². The topological polar surface area (TPSA) is 38.7 Å². The minimum Gasteiger partial charge on any atom is -0.394 e. The summed E-state index contributed by atoms with van der Waals surface area (Å²) in [5.41, 5.74) is -0.0127. The first-order chi connectivity index (χ1) is 9.63. The van der Waals surface area contributed by atoms with Gasteiger partial charge in [-0.15, -0.1) is 0 Å². The number of rotatable bonds is 7. The molecule has 3 fully saturated rings. The first-order valence-corrected chi connectivity index (χ1v) is 8.48. The summed E-state index contributed by atoms with van der Waals surface area (Å²) in [4.78, 5) is 5.13. The molecule has 1 aliphatic heterocycles. The van der Waals surface area contributed by atoms with E-state index < -0.39 is 0 Å². The molecule has 0 aromatic rings. The van der Waals surface area contributed by atoms with E-state index >= 15 is 0 Å². The second-order valence-corrected chi connectivity index (χ2v) is 7.41. The van der Waals surface area contributed by atoms with Crippen molar-refractivity contribution in [2.75, 3.05) is 39.3 Å². The van der Waals surface area contributed by atoms with E-state index in [1.54, 1.807) is 0 Å². The first-order valence-electron chi connectivity index (χ1n) is 8.48. The zero-order chi connectivity index (χ0) is 14.2. The monoisotopic (exact) mass is 281 g/mol. The molecule has 3 aliphatic rings. The van der Waals surface area contributed by atoms with Gasteiger partial charge in [0.15, 0.2) is 0 Å². The van der Waals surface area contributed by atoms with Crippen molar-refractivity contribution in [1.82, 2.24) is 15.1 Å². The SMILES string of the molecule is CC(C)N1CCN(CC(CO)(NC2CC2)C2CC2)CC1. The maximum Gasteiger partial charge on any atom is 0.0628 e. The fourth-order valence-corrected chi connectivity index (χ4v) is 3.62. The van der Waals surface area contributed by atoms with Crippen LogP contribution in [0.3, 0.4) is 0 Å². The van der Waals surface area contributed by atoms with Crippen LogP contribution in [0.4, 0.5) is 0 Å². The van der Waals surface area contributed by atoms with Crippen molar-refractivity contribution in [1.29, 1.82) is 0 Å². The maximum absolute atomic E-state index is 10.0. The average Bonchev–Trinajstić information content (AvgIpc) is 3.31. The van der Waals surface area contributed by atoms with Crippen LogP contribution < -0.4 is 5.32 Å². The lowest BCUT2D eigenvalue weighted by atomic mass is 9.92. The molecule has 0 aromatic heterocycles. The molecule has 4 heteroatoms. The van der Waals surface area contributed by atoms with Crippen LogP contribution in [0.15, 0.2) is 0 Å². The molecule has 1 atom stereocenters. The van der Waals surface area contributed by atoms with Crippen molar-refractivity contribution in [2.45, 2.75) is 57.2 Å². The number of nitrogens with zero attached hydrogens (tertiary/aromatic N) is 2. The van der Waals surface area contributed by atoms with Crippen LogP contribution in [0.2, 0.25) is 0 Å². The third-order valence-electron chi connectivity index (χ3n) is 5.35. The predicted molar refractivity (Wildman–Crippen MR) is 81.8 cm³/mol. The van der Waals surface area contributed by atoms with Gasteiger partial charge in [-0.05, 0) is 45.4 Å². The van der Waals surface area contributed by atoms with E-state index in [1.165, 1.54) is 38.8 Å². The van der Waals surface area contributed by atoms with Crippen LogP contribution in [-0.2, 0) is 0 Å². The third kappa shape index (κ3) is 3.35. The molecule has 20 heavy (non-hydrogen) atoms. The van der Waals surface area contributed by atoms with Crippen LogP contribution >= 0.6 is 0 Å². The summed E-state index contributed by atoms with van der Waals surface area (Å²) in [7, 11) is 0. The molecule has 0 amide bonds. The van der Waals surface area contributed by atoms with Gasteiger partial charge in [0.1, 0.15) is 0 Å². The Bertz CT molecular complexity index is 320. The van der Waals surface area contributed by atoms with E-state index in [2.05, 4.69) is 29.0 Å². The highest BCUT2D eigenvalue weighted by molar-refractivity contribution is 5.06. The number of aliphatic hydroxyl groups excluding tert-OH is 1. The molecule has 0 radical (unpaired) electrons. The van der Waals surface area contributed by atoms with Crippen LogP contribution in [0.25, 0.3) is 0 Å². The zero-order valence-corrected chi connectivity index (χ0v) is 13.1. The molecule has 3 rings (SSSR count). The van der Waals surface area contributed by atoms with Gasteiger partial charge in [0.05, 0.1) is 12.1 Å². The summed E-state index contributed by atoms with van der Waals surface area (Å²) >= 11 is 0. The average molecular weight is 281 g/mol. The Hall–Kier alpha value is -0.160. The fourth-order valence-electron chi connectivity index (χ4n) is 3.62. The molecule has 2 aliphatic carbocycles. The molecular formula is C16H31N3O. The summed E-state index contributed by atoms with van der Waals surface area (Å²) in [6, 6.07) is 1.34. The van der Waals surface area contributed by atoms with Crippen LogP contribution in [0, 0.1) is 5.92 Å². The number of aliphatic hydroxyl groups is 1. The first kappa shape index (κ1) is 14.8. The highest BCUT2D eigenvalue weighted by Gasteiger charge is 2.48. The molecule has 4 nitrogen and oxygen atoms in total. The van der Waals surface area contributed by atoms with Crippen molar-refractivity contribution < 1.29 is 5.11 Å². The summed E-state index contributed by atoms with van der Waals surface area (Å²) < 4.78 is 0. The van der Waals surface area contributed by atoms with Gasteiger partial charge >= 0.3 is 0 Å². The minimum absolute atomic E-state index is 0.0127. The molecule has 1 saturated heterocycles. The summed E-state index contributed by atoms with van der Waals surface area (Å²) in [6.45, 7) is 10.6. The molecule has 0 bridgehead atoms. The number of hydrogen-bond donors (Lipinski definition) is 2. The van der Waals surface area contributed by atoms with E-state index in [1.807, 2.05) is 0 Å². The molecule has 2 N–H and O–H groups in total. The normalized spacial score (nSPS) is 28.8. The minimum atomic E-state index is -0.0127. The van der Waals surface area contributed by atoms with Crippen molar-refractivity contribution in [3.05, 3.63) is 0 Å². The summed E-state index contributed by atoms with van der Waals surface area (Å²) in [5, 5.41) is 13.8. The Balaban J connectivity index is 1.56. The Morgan fingerprint density at radius 3 is 2.20 bits per heavy atom. The lowest BCUT2D eigenvalue weighted by molar-refractivity contribution is 0.0507. The van der Waals surface area contributed by atoms with Crippen molar-refractivity contribution >= 4 is 0 Å². The second-order valence-electron chi connectivity index (χ2n) is 7.41. The zero-order valence-electron chi connectivity index (χ0n) is 13.1. The van der Waals surface area contributed by atoms with E-state index in [-0.39, 0.29) is 5.54 Å². The molecule has 1 heterocycles. The standard InChI is InChI=1S/C16H31N3O/c1-13(2)19-9-7-18(8-10-19)11-16(12-20,14-3-4-14)17-15-5-6-15/h13-15,17,20H,3-12H2,1-2H3. The molecular weight excluding hydrogens is 250 g/mol. The van der Waals surface area contributed by atoms with Gasteiger partial charge < -0.3 is 10.4 Å². The quantitative estimate of drug-likeness (QED) is 0.727. The highest BCUT2D eigenvalue weighted by atomic mass is 16.3. The second kappa shape index (κ2) is 5.91. The van der Waals surface area contributed by atoms with Gasteiger partial charge in [0, 0.05) is 44.8 Å². The van der Waals surface area contributed by atoms with Crippen LogP contribution in [0.1, 0.15) is 39.5 Å². The van der Waals surface area contributed by atoms with Crippen LogP contribution in [0.5, 0.6) is 0 Å². The predicted octanol–water partition coefficient (Wildman–Crippen LogP) is 0.906. The lowest BCUT2D eigenvalue weighted by Gasteiger charge is -2.43. The van der Waals surface area contributed by atoms with E-state index in [4.69, 9.17) is 0 Å². The largest absolute Gasteiger partial charge is 0.394 e. The third-order valence-corrected chi connectivity index (χ3v) is 5.35. The van der Waals surface area contributed by atoms with Crippen molar-refractivity contribution in [2.24, 2.45) is 5.92 Å². The molecule has 1 unspecified atom stereocenters. The Morgan fingerprint density at radius 1 is 1.10 bits per heavy atom. The van der Waals surface area contributed by atoms with Crippen molar-refractivity contribution in [3.63, 3.8) is 0 Å². The molecule has 116 valence electrons. The Morgan fingerprint density at radius 2 is 1.75 bits per heavy atom. The Kier molecular flexibility index (Phi) is 4.37. The number of piperazine rings is 1. The Labute approximate surface area is 123 Å². The van der Waals surface area contributed by atoms with Gasteiger partial charge in [-0.1, -0.05) is 0 Å². The molecule has 0 aromatic carbocycles. The van der Waals surface area contributed by atoms with E-state index in [0.29, 0.717) is 24.6 Å². The van der Waals surface area contributed by atoms with Gasteiger partial charge in [0.25, 0.3) is 0 Å². The lowest BCUT2D eigenvalue weighted by Crippen LogP contribution is -2.61.